The number of aromatic nitrogens is 4. The fourth-order valence-electron chi connectivity index (χ4n) is 2.49. The molecule has 1 unspecified atom stereocenters. The molecule has 2 aromatic rings. The molecule has 0 aromatic carbocycles. The Labute approximate surface area is 137 Å². The minimum Gasteiger partial charge on any atom is -0.467 e. The van der Waals surface area contributed by atoms with Gasteiger partial charge >= 0.3 is 5.97 Å². The standard InChI is InChI=1S/C15H17N5O4/c1-19-13(21)7-11(10-3-4-16-9-17-10)18-15(19)20-5-6-24-12(8-20)14(22)23-2/h3-4,7,9,12H,5-6,8H2,1-2H3. The summed E-state index contributed by atoms with van der Waals surface area (Å²) in [5.41, 5.74) is 0.799. The Balaban J connectivity index is 1.97. The van der Waals surface area contributed by atoms with Crippen molar-refractivity contribution in [2.24, 2.45) is 7.05 Å². The summed E-state index contributed by atoms with van der Waals surface area (Å²) in [6, 6.07) is 3.10. The molecule has 2 aromatic heterocycles. The highest BCUT2D eigenvalue weighted by atomic mass is 16.6. The summed E-state index contributed by atoms with van der Waals surface area (Å²) in [6.45, 7) is 1.12. The van der Waals surface area contributed by atoms with Crippen molar-refractivity contribution >= 4 is 11.9 Å². The van der Waals surface area contributed by atoms with Gasteiger partial charge in [0.1, 0.15) is 6.33 Å². The first-order valence-corrected chi connectivity index (χ1v) is 7.39. The summed E-state index contributed by atoms with van der Waals surface area (Å²) in [5.74, 6) is 0.00460. The number of ether oxygens (including phenoxy) is 2. The normalized spacial score (nSPS) is 17.6. The molecule has 3 heterocycles. The number of hydrogen-bond acceptors (Lipinski definition) is 8. The molecule has 0 amide bonds. The van der Waals surface area contributed by atoms with Gasteiger partial charge in [-0.2, -0.15) is 0 Å². The van der Waals surface area contributed by atoms with Crippen molar-refractivity contribution in [1.29, 1.82) is 0 Å². The Morgan fingerprint density at radius 2 is 2.25 bits per heavy atom. The first kappa shape index (κ1) is 16.1. The minimum atomic E-state index is -0.705. The molecule has 1 aliphatic rings. The van der Waals surface area contributed by atoms with Crippen LogP contribution >= 0.6 is 0 Å². The molecule has 0 N–H and O–H groups in total. The summed E-state index contributed by atoms with van der Waals surface area (Å²) in [7, 11) is 2.95. The van der Waals surface area contributed by atoms with E-state index in [0.29, 0.717) is 30.5 Å². The van der Waals surface area contributed by atoms with Gasteiger partial charge in [-0.3, -0.25) is 9.36 Å². The number of rotatable bonds is 3. The van der Waals surface area contributed by atoms with Crippen molar-refractivity contribution in [2.75, 3.05) is 31.7 Å². The molecular weight excluding hydrogens is 314 g/mol. The van der Waals surface area contributed by atoms with Crippen molar-refractivity contribution in [3.8, 4) is 11.4 Å². The fourth-order valence-corrected chi connectivity index (χ4v) is 2.49. The fraction of sp³-hybridized carbons (Fsp3) is 0.400. The number of morpholine rings is 1. The van der Waals surface area contributed by atoms with Crippen LogP contribution in [0.25, 0.3) is 11.4 Å². The minimum absolute atomic E-state index is 0.213. The lowest BCUT2D eigenvalue weighted by atomic mass is 10.2. The van der Waals surface area contributed by atoms with Crippen LogP contribution in [0.2, 0.25) is 0 Å². The largest absolute Gasteiger partial charge is 0.467 e. The lowest BCUT2D eigenvalue weighted by molar-refractivity contribution is -0.154. The third kappa shape index (κ3) is 3.11. The molecule has 0 spiro atoms. The van der Waals surface area contributed by atoms with Gasteiger partial charge in [-0.1, -0.05) is 0 Å². The molecular formula is C15H17N5O4. The molecule has 1 atom stereocenters. The van der Waals surface area contributed by atoms with Gasteiger partial charge in [0.05, 0.1) is 31.6 Å². The average molecular weight is 331 g/mol. The summed E-state index contributed by atoms with van der Waals surface area (Å²) in [4.78, 5) is 38.3. The predicted molar refractivity (Wildman–Crippen MR) is 84.5 cm³/mol. The van der Waals surface area contributed by atoms with Crippen LogP contribution in [0.15, 0.2) is 29.5 Å². The Hall–Kier alpha value is -2.81. The van der Waals surface area contributed by atoms with Crippen LogP contribution in [0, 0.1) is 0 Å². The van der Waals surface area contributed by atoms with Crippen LogP contribution in [0.4, 0.5) is 5.95 Å². The molecule has 126 valence electrons. The topological polar surface area (TPSA) is 99.4 Å². The molecule has 0 radical (unpaired) electrons. The van der Waals surface area contributed by atoms with Gasteiger partial charge in [0, 0.05) is 25.9 Å². The smallest absolute Gasteiger partial charge is 0.336 e. The van der Waals surface area contributed by atoms with E-state index in [0.717, 1.165) is 0 Å². The van der Waals surface area contributed by atoms with E-state index in [1.807, 2.05) is 4.90 Å². The second-order valence-electron chi connectivity index (χ2n) is 5.26. The second kappa shape index (κ2) is 6.75. The van der Waals surface area contributed by atoms with Crippen LogP contribution in [0.1, 0.15) is 0 Å². The van der Waals surface area contributed by atoms with Crippen molar-refractivity contribution in [2.45, 2.75) is 6.10 Å². The number of hydrogen-bond donors (Lipinski definition) is 0. The van der Waals surface area contributed by atoms with Crippen LogP contribution < -0.4 is 10.5 Å². The first-order valence-electron chi connectivity index (χ1n) is 7.39. The van der Waals surface area contributed by atoms with E-state index in [-0.39, 0.29) is 12.1 Å². The van der Waals surface area contributed by atoms with Crippen LogP contribution in [0.5, 0.6) is 0 Å². The van der Waals surface area contributed by atoms with Gasteiger partial charge in [-0.15, -0.1) is 0 Å². The summed E-state index contributed by atoms with van der Waals surface area (Å²) in [6.07, 6.45) is 2.28. The van der Waals surface area contributed by atoms with Gasteiger partial charge in [0.15, 0.2) is 6.10 Å². The van der Waals surface area contributed by atoms with Crippen LogP contribution in [-0.4, -0.2) is 58.4 Å². The molecule has 1 fully saturated rings. The predicted octanol–water partition coefficient (Wildman–Crippen LogP) is -0.384. The molecule has 9 nitrogen and oxygen atoms in total. The number of nitrogens with zero attached hydrogens (tertiary/aromatic N) is 5. The summed E-state index contributed by atoms with van der Waals surface area (Å²) >= 11 is 0. The number of esters is 1. The third-order valence-corrected chi connectivity index (χ3v) is 3.77. The quantitative estimate of drug-likeness (QED) is 0.702. The number of anilines is 1. The maximum Gasteiger partial charge on any atom is 0.336 e. The van der Waals surface area contributed by atoms with Crippen molar-refractivity contribution in [3.63, 3.8) is 0 Å². The molecule has 1 saturated heterocycles. The SMILES string of the molecule is COC(=O)C1CN(c2nc(-c3ccncn3)cc(=O)n2C)CCO1. The average Bonchev–Trinajstić information content (AvgIpc) is 2.64. The second-order valence-corrected chi connectivity index (χ2v) is 5.26. The van der Waals surface area contributed by atoms with Gasteiger partial charge in [0.2, 0.25) is 5.95 Å². The van der Waals surface area contributed by atoms with Crippen molar-refractivity contribution < 1.29 is 14.3 Å². The van der Waals surface area contributed by atoms with E-state index >= 15 is 0 Å². The molecule has 1 aliphatic heterocycles. The van der Waals surface area contributed by atoms with Crippen LogP contribution in [-0.2, 0) is 21.3 Å². The van der Waals surface area contributed by atoms with E-state index in [1.165, 1.54) is 24.1 Å². The maximum absolute atomic E-state index is 12.3. The lowest BCUT2D eigenvalue weighted by Crippen LogP contribution is -2.48. The lowest BCUT2D eigenvalue weighted by Gasteiger charge is -2.33. The molecule has 0 bridgehead atoms. The zero-order chi connectivity index (χ0) is 17.1. The van der Waals surface area contributed by atoms with Gasteiger partial charge < -0.3 is 14.4 Å². The Morgan fingerprint density at radius 3 is 2.96 bits per heavy atom. The molecule has 24 heavy (non-hydrogen) atoms. The Morgan fingerprint density at radius 1 is 1.42 bits per heavy atom. The first-order chi connectivity index (χ1) is 11.6. The van der Waals surface area contributed by atoms with Crippen LogP contribution in [0.3, 0.4) is 0 Å². The number of methoxy groups -OCH3 is 1. The van der Waals surface area contributed by atoms with Gasteiger partial charge in [-0.05, 0) is 6.07 Å². The summed E-state index contributed by atoms with van der Waals surface area (Å²) < 4.78 is 11.6. The Bertz CT molecular complexity index is 792. The van der Waals surface area contributed by atoms with E-state index in [9.17, 15) is 9.59 Å². The van der Waals surface area contributed by atoms with Crippen molar-refractivity contribution in [3.05, 3.63) is 35.0 Å². The number of carbonyl (C=O) groups excluding carboxylic acids is 1. The third-order valence-electron chi connectivity index (χ3n) is 3.77. The van der Waals surface area contributed by atoms with E-state index in [1.54, 1.807) is 19.3 Å². The zero-order valence-electron chi connectivity index (χ0n) is 13.4. The summed E-state index contributed by atoms with van der Waals surface area (Å²) in [5, 5.41) is 0. The monoisotopic (exact) mass is 331 g/mol. The molecule has 3 rings (SSSR count). The van der Waals surface area contributed by atoms with E-state index < -0.39 is 12.1 Å². The molecule has 0 aliphatic carbocycles. The van der Waals surface area contributed by atoms with Gasteiger partial charge in [-0.25, -0.2) is 19.7 Å². The van der Waals surface area contributed by atoms with Gasteiger partial charge in [0.25, 0.3) is 5.56 Å². The number of carbonyl (C=O) groups is 1. The highest BCUT2D eigenvalue weighted by Gasteiger charge is 2.29. The molecule has 0 saturated carbocycles. The van der Waals surface area contributed by atoms with E-state index in [2.05, 4.69) is 15.0 Å². The highest BCUT2D eigenvalue weighted by molar-refractivity contribution is 5.75. The zero-order valence-corrected chi connectivity index (χ0v) is 13.4. The maximum atomic E-state index is 12.3. The Kier molecular flexibility index (Phi) is 4.52. The van der Waals surface area contributed by atoms with Crippen molar-refractivity contribution in [1.82, 2.24) is 19.5 Å². The molecule has 9 heteroatoms. The van der Waals surface area contributed by atoms with E-state index in [4.69, 9.17) is 9.47 Å². The highest BCUT2D eigenvalue weighted by Crippen LogP contribution is 2.18.